The zero-order valence-electron chi connectivity index (χ0n) is 20.5. The van der Waals surface area contributed by atoms with E-state index in [4.69, 9.17) is 4.98 Å². The van der Waals surface area contributed by atoms with Crippen molar-refractivity contribution in [2.45, 2.75) is 59.3 Å². The molecule has 0 radical (unpaired) electrons. The van der Waals surface area contributed by atoms with Crippen molar-refractivity contribution in [3.05, 3.63) is 50.2 Å². The Morgan fingerprint density at radius 2 is 1.68 bits per heavy atom. The summed E-state index contributed by atoms with van der Waals surface area (Å²) in [6.45, 7) is 10.2. The standard InChI is InChI=1S/C27H34IN5O/c1-18(2)20-6-12-33(13-7-20)26-29-19(3)16-24(31-26)30-25(34)22-5-4-21(28)17-23(22)32-14-10-27(8-9-27)11-15-32/h4-5,16-17H,6-15H2,1-3H3,(H,29,30,31,34). The van der Waals surface area contributed by atoms with Crippen molar-refractivity contribution in [3.63, 3.8) is 0 Å². The Morgan fingerprint density at radius 1 is 0.971 bits per heavy atom. The molecule has 1 N–H and O–H groups in total. The molecule has 2 aromatic rings. The first-order valence-corrected chi connectivity index (χ1v) is 13.5. The predicted octanol–water partition coefficient (Wildman–Crippen LogP) is 5.96. The number of rotatable bonds is 4. The molecule has 1 amide bonds. The van der Waals surface area contributed by atoms with Gasteiger partial charge in [0.2, 0.25) is 5.95 Å². The van der Waals surface area contributed by atoms with Crippen LogP contribution in [0, 0.1) is 15.9 Å². The average molecular weight is 572 g/mol. The van der Waals surface area contributed by atoms with Crippen molar-refractivity contribution in [1.29, 1.82) is 0 Å². The minimum Gasteiger partial charge on any atom is -0.371 e. The minimum absolute atomic E-state index is 0.104. The molecule has 3 aliphatic rings. The van der Waals surface area contributed by atoms with E-state index in [0.717, 1.165) is 59.5 Å². The van der Waals surface area contributed by atoms with E-state index in [-0.39, 0.29) is 5.91 Å². The number of piperidine rings is 2. The minimum atomic E-state index is -0.104. The van der Waals surface area contributed by atoms with E-state index < -0.39 is 0 Å². The van der Waals surface area contributed by atoms with Crippen LogP contribution in [0.15, 0.2) is 35.4 Å². The summed E-state index contributed by atoms with van der Waals surface area (Å²) < 4.78 is 1.15. The molecule has 1 saturated carbocycles. The molecule has 34 heavy (non-hydrogen) atoms. The molecule has 1 aromatic heterocycles. The SMILES string of the molecule is CC(C)=C1CCN(c2nc(C)cc(NC(=O)c3ccc(I)cc3N3CCC4(CC3)CC4)n2)CC1. The smallest absolute Gasteiger partial charge is 0.258 e. The Labute approximate surface area is 216 Å². The van der Waals surface area contributed by atoms with E-state index in [1.165, 1.54) is 36.8 Å². The molecule has 3 fully saturated rings. The van der Waals surface area contributed by atoms with E-state index >= 15 is 0 Å². The van der Waals surface area contributed by atoms with E-state index in [0.29, 0.717) is 17.2 Å². The first kappa shape index (κ1) is 23.6. The highest BCUT2D eigenvalue weighted by atomic mass is 127. The van der Waals surface area contributed by atoms with Crippen molar-refractivity contribution in [1.82, 2.24) is 9.97 Å². The van der Waals surface area contributed by atoms with Gasteiger partial charge in [-0.05, 0) is 106 Å². The number of nitrogens with zero attached hydrogens (tertiary/aromatic N) is 4. The number of anilines is 3. The number of aromatic nitrogens is 2. The second kappa shape index (κ2) is 9.47. The quantitative estimate of drug-likeness (QED) is 0.363. The number of hydrogen-bond donors (Lipinski definition) is 1. The van der Waals surface area contributed by atoms with Crippen molar-refractivity contribution < 1.29 is 4.79 Å². The van der Waals surface area contributed by atoms with Gasteiger partial charge in [-0.15, -0.1) is 0 Å². The maximum atomic E-state index is 13.4. The maximum Gasteiger partial charge on any atom is 0.258 e. The van der Waals surface area contributed by atoms with Crippen molar-refractivity contribution in [2.24, 2.45) is 5.41 Å². The second-order valence-corrected chi connectivity index (χ2v) is 11.6. The Bertz CT molecular complexity index is 1120. The van der Waals surface area contributed by atoms with Crippen LogP contribution in [0.1, 0.15) is 68.4 Å². The second-order valence-electron chi connectivity index (χ2n) is 10.4. The van der Waals surface area contributed by atoms with E-state index in [9.17, 15) is 4.79 Å². The molecule has 6 nitrogen and oxygen atoms in total. The number of amides is 1. The number of nitrogens with one attached hydrogen (secondary N) is 1. The van der Waals surface area contributed by atoms with Gasteiger partial charge in [0.1, 0.15) is 5.82 Å². The third kappa shape index (κ3) is 5.09. The van der Waals surface area contributed by atoms with Gasteiger partial charge in [-0.2, -0.15) is 4.98 Å². The number of carbonyl (C=O) groups excluding carboxylic acids is 1. The van der Waals surface area contributed by atoms with Crippen LogP contribution in [-0.4, -0.2) is 42.1 Å². The molecule has 1 aromatic carbocycles. The summed E-state index contributed by atoms with van der Waals surface area (Å²) in [5.41, 5.74) is 6.19. The van der Waals surface area contributed by atoms with Crippen LogP contribution in [0.3, 0.4) is 0 Å². The van der Waals surface area contributed by atoms with Crippen LogP contribution in [0.4, 0.5) is 17.5 Å². The molecule has 1 aliphatic carbocycles. The highest BCUT2D eigenvalue weighted by Crippen LogP contribution is 2.54. The summed E-state index contributed by atoms with van der Waals surface area (Å²) in [5.74, 6) is 1.17. The molecule has 2 aliphatic heterocycles. The van der Waals surface area contributed by atoms with Gasteiger partial charge < -0.3 is 15.1 Å². The fourth-order valence-electron chi connectivity index (χ4n) is 5.28. The Morgan fingerprint density at radius 3 is 2.32 bits per heavy atom. The molecule has 3 heterocycles. The lowest BCUT2D eigenvalue weighted by Gasteiger charge is -2.35. The zero-order valence-corrected chi connectivity index (χ0v) is 22.6. The van der Waals surface area contributed by atoms with Gasteiger partial charge in [-0.1, -0.05) is 11.1 Å². The largest absolute Gasteiger partial charge is 0.371 e. The molecule has 180 valence electrons. The first-order chi connectivity index (χ1) is 16.3. The average Bonchev–Trinajstić information content (AvgIpc) is 3.57. The Balaban J connectivity index is 1.33. The summed E-state index contributed by atoms with van der Waals surface area (Å²) in [4.78, 5) is 27.4. The topological polar surface area (TPSA) is 61.4 Å². The summed E-state index contributed by atoms with van der Waals surface area (Å²) in [5, 5.41) is 3.08. The Kier molecular flexibility index (Phi) is 6.57. The number of carbonyl (C=O) groups is 1. The van der Waals surface area contributed by atoms with Crippen molar-refractivity contribution >= 4 is 46.0 Å². The van der Waals surface area contributed by atoms with Crippen LogP contribution in [0.25, 0.3) is 0 Å². The van der Waals surface area contributed by atoms with Crippen LogP contribution in [0.5, 0.6) is 0 Å². The number of hydrogen-bond acceptors (Lipinski definition) is 5. The predicted molar refractivity (Wildman–Crippen MR) is 147 cm³/mol. The molecule has 5 rings (SSSR count). The molecule has 0 bridgehead atoms. The zero-order chi connectivity index (χ0) is 23.9. The normalized spacial score (nSPS) is 19.4. The third-order valence-corrected chi connectivity index (χ3v) is 8.44. The van der Waals surface area contributed by atoms with Gasteiger partial charge >= 0.3 is 0 Å². The fourth-order valence-corrected chi connectivity index (χ4v) is 5.75. The molecule has 2 saturated heterocycles. The number of aryl methyl sites for hydroxylation is 1. The molecule has 7 heteroatoms. The number of benzene rings is 1. The van der Waals surface area contributed by atoms with Gasteiger partial charge in [-0.3, -0.25) is 4.79 Å². The van der Waals surface area contributed by atoms with Gasteiger partial charge in [0.25, 0.3) is 5.91 Å². The fraction of sp³-hybridized carbons (Fsp3) is 0.519. The van der Waals surface area contributed by atoms with Gasteiger partial charge in [0.15, 0.2) is 0 Å². The number of halogens is 1. The summed E-state index contributed by atoms with van der Waals surface area (Å²) in [7, 11) is 0. The first-order valence-electron chi connectivity index (χ1n) is 12.4. The molecule has 0 atom stereocenters. The molecule has 0 unspecified atom stereocenters. The summed E-state index contributed by atoms with van der Waals surface area (Å²) in [6, 6.07) is 7.97. The maximum absolute atomic E-state index is 13.4. The monoisotopic (exact) mass is 571 g/mol. The lowest BCUT2D eigenvalue weighted by molar-refractivity contribution is 0.102. The van der Waals surface area contributed by atoms with E-state index in [1.807, 2.05) is 25.1 Å². The third-order valence-electron chi connectivity index (χ3n) is 7.77. The van der Waals surface area contributed by atoms with Gasteiger partial charge in [-0.25, -0.2) is 4.98 Å². The lowest BCUT2D eigenvalue weighted by Crippen LogP contribution is -2.35. The molecule has 1 spiro atoms. The van der Waals surface area contributed by atoms with Gasteiger partial charge in [0.05, 0.1) is 11.3 Å². The van der Waals surface area contributed by atoms with Crippen molar-refractivity contribution in [2.75, 3.05) is 41.3 Å². The van der Waals surface area contributed by atoms with Crippen LogP contribution < -0.4 is 15.1 Å². The molecular formula is C27H34IN5O. The summed E-state index contributed by atoms with van der Waals surface area (Å²) in [6.07, 6.45) is 7.32. The lowest BCUT2D eigenvalue weighted by atomic mass is 9.93. The highest BCUT2D eigenvalue weighted by Gasteiger charge is 2.44. The number of allylic oxidation sites excluding steroid dienone is 1. The summed E-state index contributed by atoms with van der Waals surface area (Å²) >= 11 is 2.34. The van der Waals surface area contributed by atoms with Crippen LogP contribution in [-0.2, 0) is 0 Å². The van der Waals surface area contributed by atoms with Gasteiger partial charge in [0, 0.05) is 41.5 Å². The highest BCUT2D eigenvalue weighted by molar-refractivity contribution is 14.1. The van der Waals surface area contributed by atoms with Crippen LogP contribution >= 0.6 is 22.6 Å². The Hall–Kier alpha value is -2.16. The van der Waals surface area contributed by atoms with Crippen molar-refractivity contribution in [3.8, 4) is 0 Å². The van der Waals surface area contributed by atoms with E-state index in [2.05, 4.69) is 62.6 Å². The molecular weight excluding hydrogens is 537 g/mol. The van der Waals surface area contributed by atoms with E-state index in [1.54, 1.807) is 0 Å². The van der Waals surface area contributed by atoms with Crippen LogP contribution in [0.2, 0.25) is 0 Å².